The third-order valence-electron chi connectivity index (χ3n) is 11.5. The number of carbonyl (C=O) groups is 16. The van der Waals surface area contributed by atoms with Crippen LogP contribution < -0.4 is 15.5 Å². The predicted molar refractivity (Wildman–Crippen MR) is 268 cm³/mol. The van der Waals surface area contributed by atoms with Crippen LogP contribution in [0.2, 0.25) is 0 Å². The minimum Gasteiger partial charge on any atom is -0.351 e. The van der Waals surface area contributed by atoms with Gasteiger partial charge in [0.05, 0.1) is 25.7 Å². The van der Waals surface area contributed by atoms with E-state index >= 15 is 4.57 Å². The van der Waals surface area contributed by atoms with Crippen molar-refractivity contribution in [3.05, 3.63) is 22.1 Å². The minimum atomic E-state index is -4.29. The molecule has 4 aliphatic heterocycles. The number of rotatable bonds is 34. The fraction of sp³-hybridized carbons (Fsp3) is 0.556. The minimum absolute atomic E-state index is 0.0407. The topological polar surface area (TPSA) is 386 Å². The van der Waals surface area contributed by atoms with Gasteiger partial charge in [-0.25, -0.2) is 34.0 Å². The lowest BCUT2D eigenvalue weighted by molar-refractivity contribution is -0.198. The Labute approximate surface area is 466 Å². The normalized spacial score (nSPS) is 16.4. The van der Waals surface area contributed by atoms with E-state index in [0.717, 1.165) is 20.5 Å². The molecule has 31 nitrogen and oxygen atoms in total. The van der Waals surface area contributed by atoms with E-state index in [9.17, 15) is 76.7 Å². The van der Waals surface area contributed by atoms with Gasteiger partial charge in [-0.3, -0.25) is 62.1 Å². The lowest BCUT2D eigenvalue weighted by Crippen LogP contribution is -2.44. The van der Waals surface area contributed by atoms with Gasteiger partial charge in [0, 0.05) is 136 Å². The standard InChI is InChI=1S/C45H57Br2N10O21P/c46-19-11-30(58)2-1-21-49-79(74,50-23-22-48-31(59)12-20-47)53(28-13-32(60)51(24-15-42(70)75-54-34(62)3-4-35(54)63)25-16-43(71)76-55-36(64)5-6-37(55)65)29-14-33(61)52(26-17-44(72)77-56-38(66)7-8-39(56)67)27-18-45(73)78-57-40(68)9-10-41(57)69/h11-12,19-20H,1-10,13-18,21-29H2,(H,48,59)(H2,49,50,74). The first-order valence-electron chi connectivity index (χ1n) is 24.6. The molecular formula is C45H57Br2N10O21P. The number of hydroxylamine groups is 8. The maximum Gasteiger partial charge on any atom is 0.334 e. The quantitative estimate of drug-likeness (QED) is 0.0310. The number of halogens is 2. The highest BCUT2D eigenvalue weighted by molar-refractivity contribution is 9.11. The monoisotopic (exact) mass is 1260 g/mol. The van der Waals surface area contributed by atoms with E-state index in [2.05, 4.69) is 47.4 Å². The summed E-state index contributed by atoms with van der Waals surface area (Å²) in [5, 5.41) is 9.34. The van der Waals surface area contributed by atoms with Crippen molar-refractivity contribution < 1.29 is 101 Å². The van der Waals surface area contributed by atoms with Crippen LogP contribution in [-0.4, -0.2) is 188 Å². The zero-order valence-corrected chi connectivity index (χ0v) is 46.5. The fourth-order valence-electron chi connectivity index (χ4n) is 7.42. The average Bonchev–Trinajstić information content (AvgIpc) is 4.12. The van der Waals surface area contributed by atoms with Crippen molar-refractivity contribution >= 4 is 134 Å². The number of hydrogen-bond donors (Lipinski definition) is 3. The molecule has 0 aromatic heterocycles. The molecule has 4 rings (SSSR count). The van der Waals surface area contributed by atoms with Crippen LogP contribution in [0, 0.1) is 0 Å². The first-order valence-corrected chi connectivity index (χ1v) is 28.1. The molecule has 0 spiro atoms. The molecule has 0 aliphatic carbocycles. The van der Waals surface area contributed by atoms with Crippen LogP contribution in [0.25, 0.3) is 0 Å². The molecule has 4 aliphatic rings. The molecule has 0 bridgehead atoms. The maximum absolute atomic E-state index is 15.3. The van der Waals surface area contributed by atoms with Crippen molar-refractivity contribution in [3.8, 4) is 0 Å². The van der Waals surface area contributed by atoms with E-state index in [1.165, 1.54) is 16.0 Å². The van der Waals surface area contributed by atoms with Crippen LogP contribution in [0.1, 0.15) is 103 Å². The lowest BCUT2D eigenvalue weighted by atomic mass is 10.2. The van der Waals surface area contributed by atoms with Crippen molar-refractivity contribution in [3.63, 3.8) is 0 Å². The second-order valence-electron chi connectivity index (χ2n) is 17.2. The number of ketones is 1. The summed E-state index contributed by atoms with van der Waals surface area (Å²) < 4.78 is 16.4. The first kappa shape index (κ1) is 64.6. The van der Waals surface area contributed by atoms with E-state index in [1.807, 2.05) is 0 Å². The molecule has 0 radical (unpaired) electrons. The van der Waals surface area contributed by atoms with Crippen molar-refractivity contribution in [1.82, 2.24) is 50.2 Å². The molecule has 4 heterocycles. The number of nitrogens with one attached hydrogen (secondary N) is 3. The first-order chi connectivity index (χ1) is 37.5. The third kappa shape index (κ3) is 21.0. The van der Waals surface area contributed by atoms with Gasteiger partial charge in [-0.05, 0) is 22.5 Å². The van der Waals surface area contributed by atoms with Crippen LogP contribution in [0.15, 0.2) is 22.1 Å². The number of imide groups is 4. The second-order valence-corrected chi connectivity index (χ2v) is 20.6. The highest BCUT2D eigenvalue weighted by atomic mass is 79.9. The number of hydrogen-bond acceptors (Lipinski definition) is 21. The van der Waals surface area contributed by atoms with Crippen LogP contribution in [0.3, 0.4) is 0 Å². The lowest BCUT2D eigenvalue weighted by Gasteiger charge is -2.34. The zero-order chi connectivity index (χ0) is 58.2. The Morgan fingerprint density at radius 1 is 0.443 bits per heavy atom. The largest absolute Gasteiger partial charge is 0.351 e. The summed E-state index contributed by atoms with van der Waals surface area (Å²) in [7, 11) is -4.29. The highest BCUT2D eigenvalue weighted by Gasteiger charge is 2.38. The molecule has 1 unspecified atom stereocenters. The molecule has 3 N–H and O–H groups in total. The Morgan fingerprint density at radius 3 is 1.08 bits per heavy atom. The molecule has 11 amide bonds. The van der Waals surface area contributed by atoms with Gasteiger partial charge in [-0.15, -0.1) is 20.3 Å². The van der Waals surface area contributed by atoms with E-state index in [1.54, 1.807) is 0 Å². The molecule has 79 heavy (non-hydrogen) atoms. The van der Waals surface area contributed by atoms with Gasteiger partial charge in [0.25, 0.3) is 54.9 Å². The Hall–Kier alpha value is -6.93. The number of nitrogens with zero attached hydrogens (tertiary/aromatic N) is 7. The molecule has 0 saturated carbocycles. The molecule has 4 saturated heterocycles. The van der Waals surface area contributed by atoms with Gasteiger partial charge in [0.2, 0.25) is 17.7 Å². The molecule has 4 fully saturated rings. The molecule has 34 heteroatoms. The average molecular weight is 1260 g/mol. The van der Waals surface area contributed by atoms with Gasteiger partial charge in [0.15, 0.2) is 5.78 Å². The van der Waals surface area contributed by atoms with Crippen molar-refractivity contribution in [1.29, 1.82) is 0 Å². The summed E-state index contributed by atoms with van der Waals surface area (Å²) in [4.78, 5) is 226. The van der Waals surface area contributed by atoms with E-state index in [-0.39, 0.29) is 110 Å². The van der Waals surface area contributed by atoms with Gasteiger partial charge in [-0.2, -0.15) is 0 Å². The highest BCUT2D eigenvalue weighted by Crippen LogP contribution is 2.41. The summed E-state index contributed by atoms with van der Waals surface area (Å²) in [6, 6.07) is 0. The zero-order valence-electron chi connectivity index (χ0n) is 42.4. The van der Waals surface area contributed by atoms with Gasteiger partial charge < -0.3 is 34.5 Å². The number of carbonyl (C=O) groups excluding carboxylic acids is 16. The Kier molecular flexibility index (Phi) is 26.3. The summed E-state index contributed by atoms with van der Waals surface area (Å²) in [6.45, 7) is -3.69. The molecular weight excluding hydrogens is 1210 g/mol. The van der Waals surface area contributed by atoms with Gasteiger partial charge in [0.1, 0.15) is 0 Å². The Morgan fingerprint density at radius 2 is 0.759 bits per heavy atom. The van der Waals surface area contributed by atoms with Gasteiger partial charge >= 0.3 is 23.9 Å². The number of amides is 11. The summed E-state index contributed by atoms with van der Waals surface area (Å²) >= 11 is 6.01. The van der Waals surface area contributed by atoms with Crippen molar-refractivity contribution in [2.75, 3.05) is 58.9 Å². The van der Waals surface area contributed by atoms with Crippen molar-refractivity contribution in [2.45, 2.75) is 103 Å². The Balaban J connectivity index is 1.62. The van der Waals surface area contributed by atoms with Crippen LogP contribution in [0.5, 0.6) is 0 Å². The third-order valence-corrected chi connectivity index (χ3v) is 14.6. The van der Waals surface area contributed by atoms with E-state index < -0.39 is 174 Å². The predicted octanol–water partition coefficient (Wildman–Crippen LogP) is -0.715. The Bertz CT molecular complexity index is 2210. The molecule has 0 aromatic rings. The molecule has 0 aromatic carbocycles. The van der Waals surface area contributed by atoms with Crippen molar-refractivity contribution in [2.24, 2.45) is 0 Å². The van der Waals surface area contributed by atoms with E-state index in [0.29, 0.717) is 0 Å². The van der Waals surface area contributed by atoms with Crippen LogP contribution >= 0.6 is 39.5 Å². The van der Waals surface area contributed by atoms with Crippen LogP contribution in [0.4, 0.5) is 0 Å². The molecule has 432 valence electrons. The maximum atomic E-state index is 15.3. The number of allylic oxidation sites excluding steroid dienone is 1. The van der Waals surface area contributed by atoms with Crippen LogP contribution in [-0.2, 0) is 101 Å². The van der Waals surface area contributed by atoms with E-state index in [4.69, 9.17) is 19.4 Å². The summed E-state index contributed by atoms with van der Waals surface area (Å²) in [6.07, 6.45) is -3.20. The second kappa shape index (κ2) is 32.2. The smallest absolute Gasteiger partial charge is 0.334 e. The summed E-state index contributed by atoms with van der Waals surface area (Å²) in [5.41, 5.74) is 0. The SMILES string of the molecule is O=C(C=CBr)CCCNP(=O)(NCCNC(=O)C=CBr)N(CCC(=O)N(CCC(=O)ON1C(=O)CCC1=O)CCC(=O)ON1C(=O)CCC1=O)CCC(=O)N(CCC(=O)ON1C(=O)CCC1=O)CCC(=O)ON1C(=O)CCC1=O. The van der Waals surface area contributed by atoms with Gasteiger partial charge in [-0.1, -0.05) is 31.9 Å². The molecule has 1 atom stereocenters. The fourth-order valence-corrected chi connectivity index (χ4v) is 10.1. The summed E-state index contributed by atoms with van der Waals surface area (Å²) in [5.74, 6) is -13.5.